The first-order chi connectivity index (χ1) is 41.6. The largest absolute Gasteiger partial charge is 0.310 e. The number of rotatable bonds is 12. The van der Waals surface area contributed by atoms with Crippen LogP contribution in [0.15, 0.2) is 334 Å². The van der Waals surface area contributed by atoms with E-state index in [1.807, 2.05) is 0 Å². The quantitative estimate of drug-likeness (QED) is 0.113. The molecule has 15 rings (SSSR count). The summed E-state index contributed by atoms with van der Waals surface area (Å²) < 4.78 is 0. The van der Waals surface area contributed by atoms with Crippen LogP contribution in [0.3, 0.4) is 0 Å². The Balaban J connectivity index is 0.866. The molecule has 0 atom stereocenters. The van der Waals surface area contributed by atoms with Crippen molar-refractivity contribution >= 4 is 55.7 Å². The minimum absolute atomic E-state index is 0.532. The number of hydrogen-bond acceptors (Lipinski definition) is 2. The molecule has 0 radical (unpaired) electrons. The molecule has 0 aliphatic heterocycles. The molecule has 0 fully saturated rings. The first-order valence-electron chi connectivity index (χ1n) is 29.1. The van der Waals surface area contributed by atoms with Gasteiger partial charge in [-0.2, -0.15) is 0 Å². The Hall–Kier alpha value is -10.8. The summed E-state index contributed by atoms with van der Waals surface area (Å²) in [5.41, 5.74) is 24.3. The summed E-state index contributed by atoms with van der Waals surface area (Å²) in [6.07, 6.45) is 0. The second-order valence-electron chi connectivity index (χ2n) is 22.0. The Morgan fingerprint density at radius 3 is 1.19 bits per heavy atom. The summed E-state index contributed by atoms with van der Waals surface area (Å²) in [7, 11) is 0. The molecule has 14 aromatic rings. The molecule has 0 spiro atoms. The maximum Gasteiger partial charge on any atom is 0.0714 e. The predicted octanol–water partition coefficient (Wildman–Crippen LogP) is 22.3. The highest BCUT2D eigenvalue weighted by atomic mass is 15.1. The zero-order valence-electron chi connectivity index (χ0n) is 46.6. The molecular formula is C82H58N2. The number of anilines is 6. The highest BCUT2D eigenvalue weighted by Crippen LogP contribution is 2.58. The third-order valence-corrected chi connectivity index (χ3v) is 17.2. The lowest BCUT2D eigenvalue weighted by Crippen LogP contribution is -2.28. The van der Waals surface area contributed by atoms with Crippen LogP contribution in [0.5, 0.6) is 0 Å². The van der Waals surface area contributed by atoms with Crippen LogP contribution in [-0.4, -0.2) is 0 Å². The average molecular weight is 1070 g/mol. The van der Waals surface area contributed by atoms with Crippen molar-refractivity contribution < 1.29 is 0 Å². The van der Waals surface area contributed by atoms with Crippen LogP contribution >= 0.6 is 0 Å². The fraction of sp³-hybridized carbons (Fsp3) is 0.0244. The van der Waals surface area contributed by atoms with E-state index in [-0.39, 0.29) is 0 Å². The van der Waals surface area contributed by atoms with Crippen LogP contribution in [-0.2, 0) is 5.41 Å². The lowest BCUT2D eigenvalue weighted by Gasteiger charge is -2.35. The normalized spacial score (nSPS) is 12.2. The minimum atomic E-state index is -0.532. The average Bonchev–Trinajstić information content (AvgIpc) is 1.79. The second kappa shape index (κ2) is 21.3. The molecule has 14 aromatic carbocycles. The molecule has 0 heterocycles. The molecule has 396 valence electrons. The zero-order valence-corrected chi connectivity index (χ0v) is 46.6. The molecule has 0 N–H and O–H groups in total. The predicted molar refractivity (Wildman–Crippen MR) is 355 cm³/mol. The highest BCUT2D eigenvalue weighted by molar-refractivity contribution is 6.14. The summed E-state index contributed by atoms with van der Waals surface area (Å²) in [5, 5.41) is 4.91. The Morgan fingerprint density at radius 1 is 0.250 bits per heavy atom. The second-order valence-corrected chi connectivity index (χ2v) is 22.0. The van der Waals surface area contributed by atoms with Crippen molar-refractivity contribution in [2.75, 3.05) is 9.80 Å². The number of fused-ring (bicyclic) bond motifs is 6. The first-order valence-corrected chi connectivity index (χ1v) is 29.1. The molecule has 0 unspecified atom stereocenters. The van der Waals surface area contributed by atoms with Crippen molar-refractivity contribution in [3.05, 3.63) is 361 Å². The van der Waals surface area contributed by atoms with E-state index >= 15 is 0 Å². The SMILES string of the molecule is Cc1cccc2c1-c1ccc(N(c3ccccc3)c3ccc(-c4cc(-c5ccccc5)c(-c5ccc(N(c6ccccc6)c6cc7ccccc7c7ccccc67)cc5)cc4-c4ccccc4)cc3)cc1C2(c1ccccc1)c1ccccc1. The van der Waals surface area contributed by atoms with Gasteiger partial charge in [-0.25, -0.2) is 0 Å². The summed E-state index contributed by atoms with van der Waals surface area (Å²) in [6, 6.07) is 123. The van der Waals surface area contributed by atoms with Crippen LogP contribution in [0, 0.1) is 6.92 Å². The highest BCUT2D eigenvalue weighted by Gasteiger charge is 2.47. The van der Waals surface area contributed by atoms with Gasteiger partial charge in [-0.3, -0.25) is 0 Å². The van der Waals surface area contributed by atoms with E-state index in [1.165, 1.54) is 77.2 Å². The van der Waals surface area contributed by atoms with Crippen molar-refractivity contribution in [1.29, 1.82) is 0 Å². The molecule has 0 saturated heterocycles. The lowest BCUT2D eigenvalue weighted by atomic mass is 9.67. The Kier molecular flexibility index (Phi) is 12.7. The van der Waals surface area contributed by atoms with Crippen molar-refractivity contribution in [3.63, 3.8) is 0 Å². The molecule has 2 heteroatoms. The van der Waals surface area contributed by atoms with Crippen LogP contribution in [0.1, 0.15) is 27.8 Å². The van der Waals surface area contributed by atoms with E-state index < -0.39 is 5.41 Å². The molecule has 0 bridgehead atoms. The first kappa shape index (κ1) is 50.2. The summed E-state index contributed by atoms with van der Waals surface area (Å²) in [5.74, 6) is 0. The smallest absolute Gasteiger partial charge is 0.0714 e. The van der Waals surface area contributed by atoms with Gasteiger partial charge in [-0.1, -0.05) is 255 Å². The zero-order chi connectivity index (χ0) is 56.0. The maximum atomic E-state index is 2.46. The summed E-state index contributed by atoms with van der Waals surface area (Å²) in [4.78, 5) is 4.83. The minimum Gasteiger partial charge on any atom is -0.310 e. The van der Waals surface area contributed by atoms with Gasteiger partial charge in [-0.15, -0.1) is 0 Å². The molecule has 84 heavy (non-hydrogen) atoms. The van der Waals surface area contributed by atoms with Crippen molar-refractivity contribution in [2.24, 2.45) is 0 Å². The number of nitrogens with zero attached hydrogens (tertiary/aromatic N) is 2. The van der Waals surface area contributed by atoms with E-state index in [2.05, 4.69) is 350 Å². The lowest BCUT2D eigenvalue weighted by molar-refractivity contribution is 0.768. The number of para-hydroxylation sites is 2. The van der Waals surface area contributed by atoms with Gasteiger partial charge >= 0.3 is 0 Å². The van der Waals surface area contributed by atoms with Gasteiger partial charge in [0.1, 0.15) is 0 Å². The van der Waals surface area contributed by atoms with Crippen molar-refractivity contribution in [1.82, 2.24) is 0 Å². The molecule has 0 aromatic heterocycles. The van der Waals surface area contributed by atoms with Gasteiger partial charge in [-0.05, 0) is 185 Å². The summed E-state index contributed by atoms with van der Waals surface area (Å²) in [6.45, 7) is 2.26. The van der Waals surface area contributed by atoms with E-state index in [9.17, 15) is 0 Å². The van der Waals surface area contributed by atoms with Gasteiger partial charge in [0.05, 0.1) is 11.1 Å². The van der Waals surface area contributed by atoms with Crippen molar-refractivity contribution in [3.8, 4) is 55.6 Å². The number of hydrogen-bond donors (Lipinski definition) is 0. The van der Waals surface area contributed by atoms with Crippen molar-refractivity contribution in [2.45, 2.75) is 12.3 Å². The van der Waals surface area contributed by atoms with Crippen LogP contribution in [0.25, 0.3) is 77.2 Å². The molecule has 1 aliphatic carbocycles. The standard InChI is InChI=1S/C82H58N2/c1-57-25-24-42-78-81(57)73-52-51-69(54-79(73)82(78,63-31-12-4-13-32-63)64-33-14-5-15-34-64)83(65-35-16-6-17-36-65)67-47-43-60(44-48-67)76-55-75(59-28-10-3-11-29-59)77(56-74(76)58-26-8-2-9-27-58)61-45-49-68(50-46-61)84(66-37-18-7-19-38-66)80-53-62-30-20-21-39-70(62)71-40-22-23-41-72(71)80/h2-56H,1H3. The van der Waals surface area contributed by atoms with Gasteiger partial charge < -0.3 is 9.80 Å². The topological polar surface area (TPSA) is 6.48 Å². The molecule has 1 aliphatic rings. The fourth-order valence-corrected chi connectivity index (χ4v) is 13.5. The van der Waals surface area contributed by atoms with Gasteiger partial charge in [0.2, 0.25) is 0 Å². The monoisotopic (exact) mass is 1070 g/mol. The third-order valence-electron chi connectivity index (χ3n) is 17.2. The Labute approximate surface area is 492 Å². The molecule has 2 nitrogen and oxygen atoms in total. The van der Waals surface area contributed by atoms with E-state index in [0.29, 0.717) is 0 Å². The number of benzene rings is 14. The molecule has 0 saturated carbocycles. The van der Waals surface area contributed by atoms with Gasteiger partial charge in [0.15, 0.2) is 0 Å². The fourth-order valence-electron chi connectivity index (χ4n) is 13.5. The van der Waals surface area contributed by atoms with Crippen LogP contribution in [0.4, 0.5) is 34.1 Å². The van der Waals surface area contributed by atoms with Crippen LogP contribution < -0.4 is 9.80 Å². The van der Waals surface area contributed by atoms with E-state index in [1.54, 1.807) is 0 Å². The molecular weight excluding hydrogens is 1010 g/mol. The van der Waals surface area contributed by atoms with Crippen LogP contribution in [0.2, 0.25) is 0 Å². The number of aryl methyl sites for hydroxylation is 1. The van der Waals surface area contributed by atoms with E-state index in [0.717, 1.165) is 61.9 Å². The van der Waals surface area contributed by atoms with Gasteiger partial charge in [0, 0.05) is 33.8 Å². The van der Waals surface area contributed by atoms with Gasteiger partial charge in [0.25, 0.3) is 0 Å². The maximum absolute atomic E-state index is 2.46. The Morgan fingerprint density at radius 2 is 0.655 bits per heavy atom. The van der Waals surface area contributed by atoms with E-state index in [4.69, 9.17) is 0 Å². The Bertz CT molecular complexity index is 4640. The third kappa shape index (κ3) is 8.58. The molecule has 0 amide bonds. The summed E-state index contributed by atoms with van der Waals surface area (Å²) >= 11 is 0.